The molecule has 0 aliphatic heterocycles. The number of hydrazone groups is 1. The molecule has 2 heterocycles. The van der Waals surface area contributed by atoms with Gasteiger partial charge in [-0.25, -0.2) is 5.43 Å². The predicted octanol–water partition coefficient (Wildman–Crippen LogP) is 5.46. The van der Waals surface area contributed by atoms with E-state index in [4.69, 9.17) is 16.0 Å². The third kappa shape index (κ3) is 5.04. The molecule has 0 radical (unpaired) electrons. The molecule has 9 heteroatoms. The highest BCUT2D eigenvalue weighted by Crippen LogP contribution is 2.34. The molecule has 6 nitrogen and oxygen atoms in total. The van der Waals surface area contributed by atoms with Gasteiger partial charge in [-0.1, -0.05) is 57.9 Å². The standard InChI is InChI=1S/C22H15BrClN3O3S/c23-14-7-5-13(6-8-14)17-10-9-15(30-17)11-26-27-19(28)12-25-22(29)21-20(24)16-3-1-2-4-18(16)31-21/h1-11H,12H2,(H,25,29)(H,27,28)/b26-11+. The molecule has 4 rings (SSSR count). The van der Waals surface area contributed by atoms with Crippen molar-refractivity contribution in [1.29, 1.82) is 0 Å². The molecular formula is C22H15BrClN3O3S. The van der Waals surface area contributed by atoms with Gasteiger partial charge in [-0.2, -0.15) is 5.10 Å². The quantitative estimate of drug-likeness (QED) is 0.264. The Morgan fingerprint density at radius 2 is 1.87 bits per heavy atom. The average Bonchev–Trinajstić information content (AvgIpc) is 3.38. The number of halogens is 2. The number of fused-ring (bicyclic) bond motifs is 1. The van der Waals surface area contributed by atoms with Crippen molar-refractivity contribution < 1.29 is 14.0 Å². The highest BCUT2D eigenvalue weighted by molar-refractivity contribution is 9.10. The van der Waals surface area contributed by atoms with Crippen LogP contribution in [-0.2, 0) is 4.79 Å². The van der Waals surface area contributed by atoms with Crippen LogP contribution in [0.15, 0.2) is 74.7 Å². The molecule has 2 amide bonds. The number of nitrogens with one attached hydrogen (secondary N) is 2. The van der Waals surface area contributed by atoms with E-state index in [1.54, 1.807) is 6.07 Å². The van der Waals surface area contributed by atoms with Crippen molar-refractivity contribution >= 4 is 67.0 Å². The Bertz CT molecular complexity index is 1280. The number of rotatable bonds is 6. The second-order valence-electron chi connectivity index (χ2n) is 6.43. The second-order valence-corrected chi connectivity index (χ2v) is 8.77. The minimum Gasteiger partial charge on any atom is -0.455 e. The molecule has 2 N–H and O–H groups in total. The smallest absolute Gasteiger partial charge is 0.263 e. The maximum absolute atomic E-state index is 12.4. The topological polar surface area (TPSA) is 83.7 Å². The SMILES string of the molecule is O=C(CNC(=O)c1sc2ccccc2c1Cl)N/N=C/c1ccc(-c2ccc(Br)cc2)o1. The number of benzene rings is 2. The second kappa shape index (κ2) is 9.47. The summed E-state index contributed by atoms with van der Waals surface area (Å²) in [7, 11) is 0. The van der Waals surface area contributed by atoms with Crippen molar-refractivity contribution in [2.24, 2.45) is 5.10 Å². The van der Waals surface area contributed by atoms with Gasteiger partial charge in [0.1, 0.15) is 16.4 Å². The summed E-state index contributed by atoms with van der Waals surface area (Å²) in [4.78, 5) is 24.7. The van der Waals surface area contributed by atoms with Crippen LogP contribution < -0.4 is 10.7 Å². The van der Waals surface area contributed by atoms with E-state index in [0.717, 1.165) is 20.1 Å². The Hall–Kier alpha value is -2.94. The van der Waals surface area contributed by atoms with Gasteiger partial charge in [-0.3, -0.25) is 9.59 Å². The van der Waals surface area contributed by atoms with Crippen LogP contribution in [0.4, 0.5) is 0 Å². The van der Waals surface area contributed by atoms with Crippen LogP contribution in [0, 0.1) is 0 Å². The summed E-state index contributed by atoms with van der Waals surface area (Å²) in [5, 5.41) is 7.62. The lowest BCUT2D eigenvalue weighted by molar-refractivity contribution is -0.120. The maximum Gasteiger partial charge on any atom is 0.263 e. The molecule has 2 aromatic carbocycles. The molecule has 156 valence electrons. The van der Waals surface area contributed by atoms with Crippen molar-refractivity contribution in [2.75, 3.05) is 6.54 Å². The van der Waals surface area contributed by atoms with Gasteiger partial charge in [0.25, 0.3) is 11.8 Å². The summed E-state index contributed by atoms with van der Waals surface area (Å²) in [5.74, 6) is 0.295. The fourth-order valence-electron chi connectivity index (χ4n) is 2.80. The van der Waals surface area contributed by atoms with E-state index >= 15 is 0 Å². The van der Waals surface area contributed by atoms with Crippen LogP contribution in [0.25, 0.3) is 21.4 Å². The molecule has 4 aromatic rings. The van der Waals surface area contributed by atoms with E-state index < -0.39 is 11.8 Å². The van der Waals surface area contributed by atoms with Gasteiger partial charge >= 0.3 is 0 Å². The molecule has 0 spiro atoms. The Kier molecular flexibility index (Phi) is 6.50. The molecule has 0 saturated heterocycles. The molecule has 0 saturated carbocycles. The monoisotopic (exact) mass is 515 g/mol. The molecular weight excluding hydrogens is 502 g/mol. The van der Waals surface area contributed by atoms with Gasteiger partial charge in [0.2, 0.25) is 0 Å². The van der Waals surface area contributed by atoms with Crippen LogP contribution >= 0.6 is 38.9 Å². The number of furan rings is 1. The zero-order valence-electron chi connectivity index (χ0n) is 15.9. The van der Waals surface area contributed by atoms with E-state index in [2.05, 4.69) is 31.8 Å². The van der Waals surface area contributed by atoms with Crippen molar-refractivity contribution in [2.45, 2.75) is 0 Å². The van der Waals surface area contributed by atoms with Crippen molar-refractivity contribution in [3.05, 3.63) is 80.8 Å². The Morgan fingerprint density at radius 1 is 1.10 bits per heavy atom. The van der Waals surface area contributed by atoms with Crippen LogP contribution in [0.1, 0.15) is 15.4 Å². The molecule has 0 aliphatic rings. The van der Waals surface area contributed by atoms with Gasteiger partial charge in [0, 0.05) is 20.1 Å². The maximum atomic E-state index is 12.4. The van der Waals surface area contributed by atoms with E-state index in [0.29, 0.717) is 21.4 Å². The van der Waals surface area contributed by atoms with E-state index in [1.807, 2.05) is 54.6 Å². The number of hydrogen-bond donors (Lipinski definition) is 2. The lowest BCUT2D eigenvalue weighted by Crippen LogP contribution is -2.34. The van der Waals surface area contributed by atoms with Gasteiger partial charge in [0.05, 0.1) is 17.8 Å². The molecule has 0 bridgehead atoms. The molecule has 0 fully saturated rings. The number of carbonyl (C=O) groups is 2. The fourth-order valence-corrected chi connectivity index (χ4v) is 4.50. The zero-order chi connectivity index (χ0) is 21.8. The predicted molar refractivity (Wildman–Crippen MR) is 127 cm³/mol. The van der Waals surface area contributed by atoms with Gasteiger partial charge in [0.15, 0.2) is 0 Å². The van der Waals surface area contributed by atoms with Crippen LogP contribution in [0.3, 0.4) is 0 Å². The summed E-state index contributed by atoms with van der Waals surface area (Å²) >= 11 is 11.0. The van der Waals surface area contributed by atoms with E-state index in [1.165, 1.54) is 17.6 Å². The van der Waals surface area contributed by atoms with Crippen molar-refractivity contribution in [3.63, 3.8) is 0 Å². The summed E-state index contributed by atoms with van der Waals surface area (Å²) in [6.07, 6.45) is 1.39. The number of carbonyl (C=O) groups excluding carboxylic acids is 2. The molecule has 2 aromatic heterocycles. The van der Waals surface area contributed by atoms with Crippen molar-refractivity contribution in [1.82, 2.24) is 10.7 Å². The Labute approximate surface area is 195 Å². The highest BCUT2D eigenvalue weighted by atomic mass is 79.9. The molecule has 31 heavy (non-hydrogen) atoms. The first-order chi connectivity index (χ1) is 15.0. The number of thiophene rings is 1. The van der Waals surface area contributed by atoms with Crippen LogP contribution in [-0.4, -0.2) is 24.6 Å². The summed E-state index contributed by atoms with van der Waals surface area (Å²) in [6.45, 7) is -0.233. The minimum absolute atomic E-state index is 0.233. The molecule has 0 unspecified atom stereocenters. The summed E-state index contributed by atoms with van der Waals surface area (Å²) < 4.78 is 7.58. The number of amides is 2. The lowest BCUT2D eigenvalue weighted by Gasteiger charge is -2.02. The minimum atomic E-state index is -0.471. The number of hydrogen-bond acceptors (Lipinski definition) is 5. The van der Waals surface area contributed by atoms with Gasteiger partial charge in [-0.15, -0.1) is 11.3 Å². The van der Waals surface area contributed by atoms with E-state index in [9.17, 15) is 9.59 Å². The molecule has 0 atom stereocenters. The lowest BCUT2D eigenvalue weighted by atomic mass is 10.2. The first-order valence-electron chi connectivity index (χ1n) is 9.14. The summed E-state index contributed by atoms with van der Waals surface area (Å²) in [5.41, 5.74) is 3.28. The first-order valence-corrected chi connectivity index (χ1v) is 11.1. The van der Waals surface area contributed by atoms with Gasteiger partial charge < -0.3 is 9.73 Å². The van der Waals surface area contributed by atoms with Crippen LogP contribution in [0.2, 0.25) is 5.02 Å². The summed E-state index contributed by atoms with van der Waals surface area (Å²) in [6, 6.07) is 18.7. The highest BCUT2D eigenvalue weighted by Gasteiger charge is 2.17. The Balaban J connectivity index is 1.30. The largest absolute Gasteiger partial charge is 0.455 e. The van der Waals surface area contributed by atoms with Crippen LogP contribution in [0.5, 0.6) is 0 Å². The zero-order valence-corrected chi connectivity index (χ0v) is 19.1. The third-order valence-electron chi connectivity index (χ3n) is 4.29. The number of nitrogens with zero attached hydrogens (tertiary/aromatic N) is 1. The molecule has 0 aliphatic carbocycles. The third-order valence-corrected chi connectivity index (χ3v) is 6.49. The van der Waals surface area contributed by atoms with Crippen molar-refractivity contribution in [3.8, 4) is 11.3 Å². The Morgan fingerprint density at radius 3 is 2.65 bits per heavy atom. The van der Waals surface area contributed by atoms with Gasteiger partial charge in [-0.05, 0) is 30.3 Å². The normalized spacial score (nSPS) is 11.2. The van der Waals surface area contributed by atoms with E-state index in [-0.39, 0.29) is 6.54 Å². The first kappa shape index (κ1) is 21.3. The average molecular weight is 517 g/mol. The fraction of sp³-hybridized carbons (Fsp3) is 0.0455.